The van der Waals surface area contributed by atoms with Crippen molar-refractivity contribution in [2.45, 2.75) is 19.4 Å². The van der Waals surface area contributed by atoms with Crippen molar-refractivity contribution < 1.29 is 14.7 Å². The number of para-hydroxylation sites is 1. The Balaban J connectivity index is 2.23. The molecule has 0 spiro atoms. The normalized spacial score (nSPS) is 17.4. The van der Waals surface area contributed by atoms with Gasteiger partial charge in [0.15, 0.2) is 0 Å². The minimum atomic E-state index is -0.893. The molecule has 1 amide bonds. The lowest BCUT2D eigenvalue weighted by atomic mass is 10.1. The van der Waals surface area contributed by atoms with Gasteiger partial charge in [-0.15, -0.1) is 0 Å². The van der Waals surface area contributed by atoms with Crippen LogP contribution < -0.4 is 10.2 Å². The minimum absolute atomic E-state index is 0.0851. The van der Waals surface area contributed by atoms with Gasteiger partial charge in [-0.1, -0.05) is 18.2 Å². The predicted octanol–water partition coefficient (Wildman–Crippen LogP) is 0.638. The lowest BCUT2D eigenvalue weighted by molar-refractivity contribution is -0.138. The molecule has 0 aliphatic carbocycles. The van der Waals surface area contributed by atoms with Gasteiger partial charge in [0.2, 0.25) is 5.91 Å². The number of hydrogen-bond acceptors (Lipinski definition) is 3. The number of fused-ring (bicyclic) bond motifs is 1. The first-order valence-corrected chi connectivity index (χ1v) is 5.97. The molecule has 2 N–H and O–H groups in total. The zero-order valence-corrected chi connectivity index (χ0v) is 10.2. The van der Waals surface area contributed by atoms with Crippen LogP contribution in [0.4, 0.5) is 5.69 Å². The van der Waals surface area contributed by atoms with Gasteiger partial charge in [0.05, 0.1) is 6.54 Å². The van der Waals surface area contributed by atoms with Crippen molar-refractivity contribution in [2.24, 2.45) is 0 Å². The molecule has 1 aromatic carbocycles. The fraction of sp³-hybridized carbons (Fsp3) is 0.385. The van der Waals surface area contributed by atoms with Crippen molar-refractivity contribution in [3.63, 3.8) is 0 Å². The summed E-state index contributed by atoms with van der Waals surface area (Å²) >= 11 is 0. The Morgan fingerprint density at radius 3 is 2.83 bits per heavy atom. The van der Waals surface area contributed by atoms with Gasteiger partial charge in [-0.2, -0.15) is 0 Å². The number of carbonyl (C=O) groups excluding carboxylic acids is 1. The predicted molar refractivity (Wildman–Crippen MR) is 67.6 cm³/mol. The molecule has 5 heteroatoms. The maximum atomic E-state index is 11.6. The number of likely N-dealkylation sites (N-methyl/N-ethyl adjacent to an activating group) is 1. The number of carboxylic acids is 1. The van der Waals surface area contributed by atoms with E-state index in [1.165, 1.54) is 0 Å². The van der Waals surface area contributed by atoms with E-state index in [1.54, 1.807) is 4.90 Å². The number of benzene rings is 1. The van der Waals surface area contributed by atoms with Crippen LogP contribution in [0.15, 0.2) is 24.3 Å². The van der Waals surface area contributed by atoms with Crippen molar-refractivity contribution in [2.75, 3.05) is 18.0 Å². The molecule has 1 aliphatic heterocycles. The van der Waals surface area contributed by atoms with E-state index in [0.29, 0.717) is 13.0 Å². The van der Waals surface area contributed by atoms with E-state index in [0.717, 1.165) is 11.3 Å². The van der Waals surface area contributed by atoms with Crippen molar-refractivity contribution in [3.8, 4) is 0 Å². The number of carboxylic acid groups (broad SMARTS) is 1. The zero-order valence-electron chi connectivity index (χ0n) is 10.2. The highest BCUT2D eigenvalue weighted by Crippen LogP contribution is 2.31. The number of anilines is 1. The molecule has 1 heterocycles. The van der Waals surface area contributed by atoms with Gasteiger partial charge in [-0.25, -0.2) is 4.79 Å². The summed E-state index contributed by atoms with van der Waals surface area (Å²) in [6, 6.07) is 6.85. The number of nitrogens with zero attached hydrogens (tertiary/aromatic N) is 1. The molecule has 1 atom stereocenters. The molecule has 5 nitrogen and oxygen atoms in total. The molecule has 0 bridgehead atoms. The molecule has 18 heavy (non-hydrogen) atoms. The smallest absolute Gasteiger partial charge is 0.326 e. The van der Waals surface area contributed by atoms with E-state index < -0.39 is 12.0 Å². The van der Waals surface area contributed by atoms with Crippen LogP contribution in [0.5, 0.6) is 0 Å². The summed E-state index contributed by atoms with van der Waals surface area (Å²) in [5.74, 6) is -1.05. The molecule has 0 radical (unpaired) electrons. The van der Waals surface area contributed by atoms with Gasteiger partial charge >= 0.3 is 5.97 Å². The van der Waals surface area contributed by atoms with Crippen LogP contribution in [0.25, 0.3) is 0 Å². The summed E-state index contributed by atoms with van der Waals surface area (Å²) in [4.78, 5) is 24.5. The lowest BCUT2D eigenvalue weighted by Crippen LogP contribution is -2.44. The van der Waals surface area contributed by atoms with Crippen LogP contribution in [-0.2, 0) is 16.0 Å². The number of hydrogen-bond donors (Lipinski definition) is 2. The molecular weight excluding hydrogens is 232 g/mol. The molecule has 0 aromatic heterocycles. The molecule has 0 saturated carbocycles. The summed E-state index contributed by atoms with van der Waals surface area (Å²) in [7, 11) is 0. The average molecular weight is 248 g/mol. The SMILES string of the molecule is CCNC(=O)CN1c2ccccc2CC1C(=O)O. The van der Waals surface area contributed by atoms with E-state index >= 15 is 0 Å². The Morgan fingerprint density at radius 1 is 1.44 bits per heavy atom. The first kappa shape index (κ1) is 12.4. The maximum absolute atomic E-state index is 11.6. The lowest BCUT2D eigenvalue weighted by Gasteiger charge is -2.23. The van der Waals surface area contributed by atoms with Crippen molar-refractivity contribution in [1.82, 2.24) is 5.32 Å². The maximum Gasteiger partial charge on any atom is 0.326 e. The molecule has 1 aromatic rings. The molecule has 0 saturated heterocycles. The third kappa shape index (κ3) is 2.30. The fourth-order valence-electron chi connectivity index (χ4n) is 2.27. The van der Waals surface area contributed by atoms with Crippen LogP contribution in [0, 0.1) is 0 Å². The molecule has 1 aliphatic rings. The third-order valence-electron chi connectivity index (χ3n) is 3.06. The van der Waals surface area contributed by atoms with Crippen LogP contribution in [0.1, 0.15) is 12.5 Å². The number of amides is 1. The Hall–Kier alpha value is -2.04. The number of rotatable bonds is 4. The molecular formula is C13H16N2O3. The fourth-order valence-corrected chi connectivity index (χ4v) is 2.27. The van der Waals surface area contributed by atoms with Crippen molar-refractivity contribution >= 4 is 17.6 Å². The van der Waals surface area contributed by atoms with E-state index in [9.17, 15) is 14.7 Å². The molecule has 96 valence electrons. The highest BCUT2D eigenvalue weighted by molar-refractivity contribution is 5.88. The van der Waals surface area contributed by atoms with Crippen LogP contribution in [0.2, 0.25) is 0 Å². The Morgan fingerprint density at radius 2 is 2.17 bits per heavy atom. The first-order valence-electron chi connectivity index (χ1n) is 5.97. The highest BCUT2D eigenvalue weighted by Gasteiger charge is 2.34. The number of nitrogens with one attached hydrogen (secondary N) is 1. The van der Waals surface area contributed by atoms with Gasteiger partial charge in [-0.05, 0) is 18.6 Å². The number of aliphatic carboxylic acids is 1. The van der Waals surface area contributed by atoms with Crippen LogP contribution >= 0.6 is 0 Å². The largest absolute Gasteiger partial charge is 0.480 e. The Labute approximate surface area is 105 Å². The Kier molecular flexibility index (Phi) is 3.50. The van der Waals surface area contributed by atoms with Crippen molar-refractivity contribution in [3.05, 3.63) is 29.8 Å². The van der Waals surface area contributed by atoms with Gasteiger partial charge in [-0.3, -0.25) is 4.79 Å². The van der Waals surface area contributed by atoms with Gasteiger partial charge < -0.3 is 15.3 Å². The zero-order chi connectivity index (χ0) is 13.1. The summed E-state index contributed by atoms with van der Waals surface area (Å²) in [5, 5.41) is 11.9. The standard InChI is InChI=1S/C13H16N2O3/c1-2-14-12(16)8-15-10-6-4-3-5-9(10)7-11(15)13(17)18/h3-6,11H,2,7-8H2,1H3,(H,14,16)(H,17,18). The summed E-state index contributed by atoms with van der Waals surface area (Å²) in [6.45, 7) is 2.47. The Bertz CT molecular complexity index is 473. The molecule has 1 unspecified atom stereocenters. The van der Waals surface area contributed by atoms with E-state index in [-0.39, 0.29) is 12.5 Å². The van der Waals surface area contributed by atoms with Gasteiger partial charge in [0.25, 0.3) is 0 Å². The molecule has 0 fully saturated rings. The first-order chi connectivity index (χ1) is 8.63. The van der Waals surface area contributed by atoms with Crippen LogP contribution in [-0.4, -0.2) is 36.1 Å². The topological polar surface area (TPSA) is 69.6 Å². The van der Waals surface area contributed by atoms with E-state index in [1.807, 2.05) is 31.2 Å². The summed E-state index contributed by atoms with van der Waals surface area (Å²) < 4.78 is 0. The highest BCUT2D eigenvalue weighted by atomic mass is 16.4. The average Bonchev–Trinajstić information content (AvgIpc) is 2.69. The number of carbonyl (C=O) groups is 2. The second-order valence-corrected chi connectivity index (χ2v) is 4.27. The monoisotopic (exact) mass is 248 g/mol. The summed E-state index contributed by atoms with van der Waals surface area (Å²) in [5.41, 5.74) is 1.82. The quantitative estimate of drug-likeness (QED) is 0.820. The van der Waals surface area contributed by atoms with Gasteiger partial charge in [0, 0.05) is 18.7 Å². The third-order valence-corrected chi connectivity index (χ3v) is 3.06. The van der Waals surface area contributed by atoms with E-state index in [4.69, 9.17) is 0 Å². The second kappa shape index (κ2) is 5.08. The minimum Gasteiger partial charge on any atom is -0.480 e. The summed E-state index contributed by atoms with van der Waals surface area (Å²) in [6.07, 6.45) is 0.449. The van der Waals surface area contributed by atoms with Crippen LogP contribution in [0.3, 0.4) is 0 Å². The van der Waals surface area contributed by atoms with Gasteiger partial charge in [0.1, 0.15) is 6.04 Å². The van der Waals surface area contributed by atoms with Crippen molar-refractivity contribution in [1.29, 1.82) is 0 Å². The van der Waals surface area contributed by atoms with E-state index in [2.05, 4.69) is 5.32 Å². The molecule has 2 rings (SSSR count). The second-order valence-electron chi connectivity index (χ2n) is 4.27.